The van der Waals surface area contributed by atoms with Gasteiger partial charge in [0.1, 0.15) is 5.60 Å². The maximum absolute atomic E-state index is 12.3. The molecule has 1 aliphatic heterocycles. The zero-order chi connectivity index (χ0) is 19.4. The van der Waals surface area contributed by atoms with Gasteiger partial charge in [-0.2, -0.15) is 0 Å². The van der Waals surface area contributed by atoms with Crippen molar-refractivity contribution in [2.45, 2.75) is 24.4 Å². The summed E-state index contributed by atoms with van der Waals surface area (Å²) in [5.41, 5.74) is 1.32. The number of rotatable bonds is 6. The summed E-state index contributed by atoms with van der Waals surface area (Å²) in [5.74, 6) is -0.150. The van der Waals surface area contributed by atoms with Gasteiger partial charge in [0, 0.05) is 23.7 Å². The molecule has 2 atom stereocenters. The van der Waals surface area contributed by atoms with Gasteiger partial charge in [-0.05, 0) is 61.3 Å². The SMILES string of the molecule is OC(c1ccc(Cl)cc1)(c1ccccn1)C(CN1CCCC1)c1ccccc1. The predicted molar refractivity (Wildman–Crippen MR) is 114 cm³/mol. The lowest BCUT2D eigenvalue weighted by Gasteiger charge is -2.39. The molecular formula is C24H25ClN2O. The summed E-state index contributed by atoms with van der Waals surface area (Å²) in [6.45, 7) is 2.92. The van der Waals surface area contributed by atoms with Gasteiger partial charge in [-0.3, -0.25) is 4.98 Å². The summed E-state index contributed by atoms with van der Waals surface area (Å²) < 4.78 is 0. The fourth-order valence-corrected chi connectivity index (χ4v) is 4.33. The Morgan fingerprint density at radius 2 is 1.61 bits per heavy atom. The van der Waals surface area contributed by atoms with E-state index in [1.807, 2.05) is 60.7 Å². The molecule has 4 rings (SSSR count). The topological polar surface area (TPSA) is 36.4 Å². The van der Waals surface area contributed by atoms with Gasteiger partial charge in [-0.1, -0.05) is 60.1 Å². The van der Waals surface area contributed by atoms with E-state index in [1.54, 1.807) is 6.20 Å². The highest BCUT2D eigenvalue weighted by Gasteiger charge is 2.43. The average Bonchev–Trinajstić information content (AvgIpc) is 3.27. The lowest BCUT2D eigenvalue weighted by molar-refractivity contribution is 0.0327. The third-order valence-corrected chi connectivity index (χ3v) is 5.94. The molecule has 144 valence electrons. The number of halogens is 1. The Balaban J connectivity index is 1.86. The number of aromatic nitrogens is 1. The van der Waals surface area contributed by atoms with Crippen molar-refractivity contribution >= 4 is 11.6 Å². The molecule has 3 nitrogen and oxygen atoms in total. The second kappa shape index (κ2) is 8.44. The van der Waals surface area contributed by atoms with E-state index in [-0.39, 0.29) is 5.92 Å². The third-order valence-electron chi connectivity index (χ3n) is 5.69. The number of pyridine rings is 1. The van der Waals surface area contributed by atoms with Crippen molar-refractivity contribution in [2.75, 3.05) is 19.6 Å². The van der Waals surface area contributed by atoms with Crippen molar-refractivity contribution in [3.05, 3.63) is 101 Å². The number of hydrogen-bond acceptors (Lipinski definition) is 3. The lowest BCUT2D eigenvalue weighted by Crippen LogP contribution is -2.42. The first-order chi connectivity index (χ1) is 13.7. The Morgan fingerprint density at radius 3 is 2.25 bits per heavy atom. The monoisotopic (exact) mass is 392 g/mol. The van der Waals surface area contributed by atoms with Crippen molar-refractivity contribution in [1.82, 2.24) is 9.88 Å². The Labute approximate surface area is 171 Å². The van der Waals surface area contributed by atoms with Crippen LogP contribution >= 0.6 is 11.6 Å². The minimum atomic E-state index is -1.25. The lowest BCUT2D eigenvalue weighted by atomic mass is 9.74. The molecule has 0 radical (unpaired) electrons. The Bertz CT molecular complexity index is 879. The van der Waals surface area contributed by atoms with Gasteiger partial charge in [0.05, 0.1) is 5.69 Å². The van der Waals surface area contributed by atoms with Crippen molar-refractivity contribution in [1.29, 1.82) is 0 Å². The first-order valence-corrected chi connectivity index (χ1v) is 10.2. The van der Waals surface area contributed by atoms with Crippen LogP contribution in [-0.4, -0.2) is 34.6 Å². The third kappa shape index (κ3) is 3.83. The standard InChI is InChI=1S/C24H25ClN2O/c25-21-13-11-20(12-14-21)24(28,23-10-4-5-15-26-23)22(18-27-16-6-7-17-27)19-8-2-1-3-9-19/h1-5,8-15,22,28H,6-7,16-18H2. The van der Waals surface area contributed by atoms with Crippen LogP contribution in [0.25, 0.3) is 0 Å². The summed E-state index contributed by atoms with van der Waals surface area (Å²) in [6.07, 6.45) is 4.17. The molecule has 0 spiro atoms. The molecule has 0 saturated carbocycles. The maximum atomic E-state index is 12.3. The first-order valence-electron chi connectivity index (χ1n) is 9.85. The van der Waals surface area contributed by atoms with Crippen LogP contribution < -0.4 is 0 Å². The van der Waals surface area contributed by atoms with E-state index in [1.165, 1.54) is 12.8 Å². The molecule has 1 saturated heterocycles. The predicted octanol–water partition coefficient (Wildman–Crippen LogP) is 4.85. The van der Waals surface area contributed by atoms with Gasteiger partial charge in [-0.15, -0.1) is 0 Å². The van der Waals surface area contributed by atoms with Gasteiger partial charge in [0.15, 0.2) is 0 Å². The highest BCUT2D eigenvalue weighted by atomic mass is 35.5. The second-order valence-electron chi connectivity index (χ2n) is 7.46. The second-order valence-corrected chi connectivity index (χ2v) is 7.90. The van der Waals surface area contributed by atoms with Crippen LogP contribution in [0.3, 0.4) is 0 Å². The zero-order valence-corrected chi connectivity index (χ0v) is 16.6. The van der Waals surface area contributed by atoms with Gasteiger partial charge in [0.2, 0.25) is 0 Å². The van der Waals surface area contributed by atoms with E-state index >= 15 is 0 Å². The molecule has 28 heavy (non-hydrogen) atoms. The molecule has 1 aliphatic rings. The van der Waals surface area contributed by atoms with Gasteiger partial charge in [-0.25, -0.2) is 0 Å². The van der Waals surface area contributed by atoms with Crippen LogP contribution in [0.5, 0.6) is 0 Å². The van der Waals surface area contributed by atoms with Crippen LogP contribution in [0.2, 0.25) is 5.02 Å². The molecule has 0 bridgehead atoms. The average molecular weight is 393 g/mol. The molecule has 1 fully saturated rings. The highest BCUT2D eigenvalue weighted by Crippen LogP contribution is 2.43. The molecule has 0 aliphatic carbocycles. The number of likely N-dealkylation sites (tertiary alicyclic amines) is 1. The Kier molecular flexibility index (Phi) is 5.77. The number of aliphatic hydroxyl groups is 1. The van der Waals surface area contributed by atoms with Crippen molar-refractivity contribution in [3.63, 3.8) is 0 Å². The number of hydrogen-bond donors (Lipinski definition) is 1. The zero-order valence-electron chi connectivity index (χ0n) is 15.8. The van der Waals surface area contributed by atoms with Crippen LogP contribution in [0.15, 0.2) is 79.0 Å². The number of nitrogens with zero attached hydrogens (tertiary/aromatic N) is 2. The summed E-state index contributed by atoms with van der Waals surface area (Å²) in [4.78, 5) is 7.02. The quantitative estimate of drug-likeness (QED) is 0.651. The summed E-state index contributed by atoms with van der Waals surface area (Å²) in [6, 6.07) is 23.5. The smallest absolute Gasteiger partial charge is 0.139 e. The fraction of sp³-hybridized carbons (Fsp3) is 0.292. The van der Waals surface area contributed by atoms with E-state index in [0.29, 0.717) is 10.7 Å². The van der Waals surface area contributed by atoms with Crippen LogP contribution in [0.1, 0.15) is 35.6 Å². The van der Waals surface area contributed by atoms with E-state index in [0.717, 1.165) is 30.8 Å². The van der Waals surface area contributed by atoms with Crippen molar-refractivity contribution in [3.8, 4) is 0 Å². The minimum absolute atomic E-state index is 0.150. The summed E-state index contributed by atoms with van der Waals surface area (Å²) >= 11 is 6.14. The van der Waals surface area contributed by atoms with Gasteiger partial charge < -0.3 is 10.0 Å². The summed E-state index contributed by atoms with van der Waals surface area (Å²) in [5, 5.41) is 12.9. The molecule has 3 aromatic rings. The molecule has 1 aromatic heterocycles. The van der Waals surface area contributed by atoms with E-state index in [9.17, 15) is 5.11 Å². The maximum Gasteiger partial charge on any atom is 0.139 e. The molecule has 0 amide bonds. The van der Waals surface area contributed by atoms with Crippen molar-refractivity contribution in [2.24, 2.45) is 0 Å². The Morgan fingerprint density at radius 1 is 0.929 bits per heavy atom. The molecule has 2 aromatic carbocycles. The normalized spacial score (nSPS) is 17.9. The first kappa shape index (κ1) is 19.1. The van der Waals surface area contributed by atoms with Gasteiger partial charge >= 0.3 is 0 Å². The minimum Gasteiger partial charge on any atom is -0.378 e. The molecular weight excluding hydrogens is 368 g/mol. The molecule has 1 N–H and O–H groups in total. The largest absolute Gasteiger partial charge is 0.378 e. The molecule has 4 heteroatoms. The Hall–Kier alpha value is -2.20. The van der Waals surface area contributed by atoms with Crippen LogP contribution in [0, 0.1) is 0 Å². The van der Waals surface area contributed by atoms with E-state index in [2.05, 4.69) is 22.0 Å². The van der Waals surface area contributed by atoms with E-state index < -0.39 is 5.60 Å². The highest BCUT2D eigenvalue weighted by molar-refractivity contribution is 6.30. The van der Waals surface area contributed by atoms with E-state index in [4.69, 9.17) is 11.6 Å². The van der Waals surface area contributed by atoms with Gasteiger partial charge in [0.25, 0.3) is 0 Å². The summed E-state index contributed by atoms with van der Waals surface area (Å²) in [7, 11) is 0. The molecule has 2 heterocycles. The fourth-order valence-electron chi connectivity index (χ4n) is 4.21. The number of benzene rings is 2. The molecule has 2 unspecified atom stereocenters. The van der Waals surface area contributed by atoms with Crippen LogP contribution in [-0.2, 0) is 5.60 Å². The van der Waals surface area contributed by atoms with Crippen molar-refractivity contribution < 1.29 is 5.11 Å². The van der Waals surface area contributed by atoms with Crippen LogP contribution in [0.4, 0.5) is 0 Å².